The zero-order valence-electron chi connectivity index (χ0n) is 5.75. The maximum Gasteiger partial charge on any atom is 0.182 e. The van der Waals surface area contributed by atoms with Crippen LogP contribution in [0.2, 0.25) is 0 Å². The van der Waals surface area contributed by atoms with Crippen LogP contribution in [0.15, 0.2) is 0 Å². The minimum Gasteiger partial charge on any atom is -0.315 e. The summed E-state index contributed by atoms with van der Waals surface area (Å²) >= 11 is 0. The summed E-state index contributed by atoms with van der Waals surface area (Å²) in [5.74, 6) is 0. The molecule has 10 heavy (non-hydrogen) atoms. The van der Waals surface area contributed by atoms with E-state index in [4.69, 9.17) is 5.21 Å². The Kier molecular flexibility index (Phi) is 35.9. The van der Waals surface area contributed by atoms with Gasteiger partial charge in [-0.25, -0.2) is 0 Å². The van der Waals surface area contributed by atoms with Gasteiger partial charge in [0.1, 0.15) is 0 Å². The zero-order valence-corrected chi connectivity index (χ0v) is 5.75. The van der Waals surface area contributed by atoms with Crippen molar-refractivity contribution in [2.24, 2.45) is 0 Å². The molecule has 0 bridgehead atoms. The van der Waals surface area contributed by atoms with Crippen LogP contribution >= 0.6 is 0 Å². The largest absolute Gasteiger partial charge is 0.315 e. The highest BCUT2D eigenvalue weighted by molar-refractivity contribution is 3.90. The second kappa shape index (κ2) is 15.8. The maximum absolute atomic E-state index is 9.36. The Hall–Kier alpha value is -0.480. The smallest absolute Gasteiger partial charge is 0.182 e. The van der Waals surface area contributed by atoms with Gasteiger partial charge in [0.05, 0.1) is 0 Å². The lowest BCUT2D eigenvalue weighted by Gasteiger charge is -1.89. The molecule has 1 N–H and O–H groups in total. The molecule has 0 aliphatic rings. The van der Waals surface area contributed by atoms with E-state index in [2.05, 4.69) is 0 Å². The van der Waals surface area contributed by atoms with Crippen molar-refractivity contribution in [1.29, 1.82) is 0 Å². The number of rotatable bonds is 0. The first-order chi connectivity index (χ1) is 3.46. The summed E-state index contributed by atoms with van der Waals surface area (Å²) in [6.45, 7) is 0. The number of hydrogen-bond donors (Lipinski definition) is 1. The molecule has 4 nitrogen and oxygen atoms in total. The molecule has 0 aromatic carbocycles. The molecule has 0 atom stereocenters. The van der Waals surface area contributed by atoms with Gasteiger partial charge >= 0.3 is 0 Å². The van der Waals surface area contributed by atoms with Crippen LogP contribution in [0, 0.1) is 4.91 Å². The summed E-state index contributed by atoms with van der Waals surface area (Å²) in [5, 5.41) is 8.89. The van der Waals surface area contributed by atoms with E-state index in [0.717, 1.165) is 9.82 Å². The third-order valence-corrected chi connectivity index (χ3v) is 0. The summed E-state index contributed by atoms with van der Waals surface area (Å²) in [5.41, 5.74) is 0. The monoisotopic (exact) mass is 153 g/mol. The fraction of sp³-hybridized carbons (Fsp3) is 1.00. The van der Waals surface area contributed by atoms with Crippen molar-refractivity contribution < 1.29 is 9.97 Å². The van der Waals surface area contributed by atoms with Crippen molar-refractivity contribution in [3.63, 3.8) is 0 Å². The van der Waals surface area contributed by atoms with Crippen molar-refractivity contribution in [1.82, 2.24) is 5.06 Å². The van der Waals surface area contributed by atoms with E-state index < -0.39 is 0 Å². The normalized spacial score (nSPS) is 6.20. The minimum absolute atomic E-state index is 0. The van der Waals surface area contributed by atoms with Gasteiger partial charge in [-0.2, -0.15) is 5.06 Å². The molecule has 0 aromatic heterocycles. The van der Waals surface area contributed by atoms with Gasteiger partial charge in [0.25, 0.3) is 0 Å². The van der Waals surface area contributed by atoms with Gasteiger partial charge in [-0.1, -0.05) is 14.9 Å². The Morgan fingerprint density at radius 1 is 1.20 bits per heavy atom. The first-order valence-electron chi connectivity index (χ1n) is 2.17. The van der Waals surface area contributed by atoms with Crippen LogP contribution in [0.25, 0.3) is 0 Å². The molecule has 0 aromatic rings. The Labute approximate surface area is 64.0 Å². The molecule has 66 valence electrons. The second-order valence-corrected chi connectivity index (χ2v) is 1.66. The van der Waals surface area contributed by atoms with Gasteiger partial charge < -0.3 is 5.21 Å². The Balaban J connectivity index is -0.0000000300. The minimum atomic E-state index is 0. The lowest BCUT2D eigenvalue weighted by molar-refractivity contribution is -0.486. The maximum atomic E-state index is 9.36. The Morgan fingerprint density at radius 3 is 1.20 bits per heavy atom. The van der Waals surface area contributed by atoms with E-state index in [9.17, 15) is 4.91 Å². The highest BCUT2D eigenvalue weighted by Gasteiger charge is 1.66. The van der Waals surface area contributed by atoms with Crippen molar-refractivity contribution in [3.8, 4) is 0 Å². The van der Waals surface area contributed by atoms with E-state index in [1.54, 1.807) is 14.1 Å². The van der Waals surface area contributed by atoms with Crippen LogP contribution in [0.1, 0.15) is 14.9 Å². The third-order valence-electron chi connectivity index (χ3n) is 0. The molecule has 0 spiro atoms. The Morgan fingerprint density at radius 2 is 1.20 bits per heavy atom. The molecule has 0 saturated carbocycles. The number of hydrogen-bond acceptors (Lipinski definition) is 3. The fourth-order valence-corrected chi connectivity index (χ4v) is 0. The highest BCUT2D eigenvalue weighted by atomic mass is 16.5. The molecule has 0 aliphatic carbocycles. The molecular formula is C6H21N2O2+. The molecule has 0 amide bonds. The van der Waals surface area contributed by atoms with Crippen LogP contribution in [0.3, 0.4) is 0 Å². The summed E-state index contributed by atoms with van der Waals surface area (Å²) in [6, 6.07) is 0. The average molecular weight is 153 g/mol. The number of nitrogens with zero attached hydrogens (tertiary/aromatic N) is 2. The first kappa shape index (κ1) is 22.7. The molecule has 0 unspecified atom stereocenters. The molecule has 4 heteroatoms. The van der Waals surface area contributed by atoms with Gasteiger partial charge in [-0.05, 0) is 4.76 Å². The average Bonchev–Trinajstić information content (AvgIpc) is 1.25. The Bertz CT molecular complexity index is 58.0. The summed E-state index contributed by atoms with van der Waals surface area (Å²) in [7, 11) is 6.00. The highest BCUT2D eigenvalue weighted by Crippen LogP contribution is 1.46. The van der Waals surface area contributed by atoms with Gasteiger partial charge in [0.2, 0.25) is 0 Å². The van der Waals surface area contributed by atoms with E-state index in [1.165, 1.54) is 14.1 Å². The number of hydroxylamine groups is 2. The standard InChI is InChI=1S/C2H7NO.C2H6NO.2CH4/c2*1-3(2)4;;/h4H,1-2H3;1-2H3;2*1H4/q;+1;;. The quantitative estimate of drug-likeness (QED) is 0.420. The molecule has 0 fully saturated rings. The van der Waals surface area contributed by atoms with Crippen molar-refractivity contribution >= 4 is 0 Å². The molecule has 0 heterocycles. The van der Waals surface area contributed by atoms with Gasteiger partial charge in [-0.3, -0.25) is 0 Å². The van der Waals surface area contributed by atoms with Crippen molar-refractivity contribution in [3.05, 3.63) is 4.91 Å². The van der Waals surface area contributed by atoms with Crippen molar-refractivity contribution in [2.75, 3.05) is 28.2 Å². The second-order valence-electron chi connectivity index (χ2n) is 1.66. The topological polar surface area (TPSA) is 43.5 Å². The van der Waals surface area contributed by atoms with Crippen molar-refractivity contribution in [2.45, 2.75) is 14.9 Å². The van der Waals surface area contributed by atoms with Crippen LogP contribution in [0.5, 0.6) is 0 Å². The van der Waals surface area contributed by atoms with Gasteiger partial charge in [0.15, 0.2) is 14.1 Å². The predicted octanol–water partition coefficient (Wildman–Crippen LogP) is 1.23. The molecule has 0 rings (SSSR count). The van der Waals surface area contributed by atoms with E-state index in [0.29, 0.717) is 0 Å². The van der Waals surface area contributed by atoms with Crippen LogP contribution < -0.4 is 0 Å². The SMILES string of the molecule is C.C.CN(C)O.C[N+](C)=O. The molecule has 0 radical (unpaired) electrons. The lowest BCUT2D eigenvalue weighted by atomic mass is 11.2. The molecular weight excluding hydrogens is 132 g/mol. The molecule has 0 saturated heterocycles. The first-order valence-corrected chi connectivity index (χ1v) is 2.17. The molecule has 0 aliphatic heterocycles. The van der Waals surface area contributed by atoms with Crippen LogP contribution in [-0.4, -0.2) is 43.2 Å². The summed E-state index contributed by atoms with van der Waals surface area (Å²) in [4.78, 5) is 9.36. The third kappa shape index (κ3) is 1390. The predicted molar refractivity (Wildman–Crippen MR) is 44.4 cm³/mol. The van der Waals surface area contributed by atoms with Gasteiger partial charge in [0, 0.05) is 19.0 Å². The van der Waals surface area contributed by atoms with E-state index >= 15 is 0 Å². The van der Waals surface area contributed by atoms with Gasteiger partial charge in [-0.15, -0.1) is 0 Å². The van der Waals surface area contributed by atoms with Crippen LogP contribution in [-0.2, 0) is 0 Å². The van der Waals surface area contributed by atoms with E-state index in [-0.39, 0.29) is 14.9 Å². The number of nitroso groups, excluding NO2 is 1. The summed E-state index contributed by atoms with van der Waals surface area (Å²) < 4.78 is 0.750. The zero-order chi connectivity index (χ0) is 7.15. The lowest BCUT2D eigenvalue weighted by Crippen LogP contribution is -2.01. The van der Waals surface area contributed by atoms with E-state index in [1.807, 2.05) is 0 Å². The fourth-order valence-electron chi connectivity index (χ4n) is 0. The summed E-state index contributed by atoms with van der Waals surface area (Å²) in [6.07, 6.45) is 0. The van der Waals surface area contributed by atoms with Crippen LogP contribution in [0.4, 0.5) is 0 Å².